The molecule has 1 heterocycles. The molecule has 0 bridgehead atoms. The van der Waals surface area contributed by atoms with Gasteiger partial charge in [0, 0.05) is 6.20 Å². The molecule has 0 radical (unpaired) electrons. The summed E-state index contributed by atoms with van der Waals surface area (Å²) in [6.45, 7) is 0. The molecule has 0 aliphatic carbocycles. The zero-order chi connectivity index (χ0) is 8.43. The molecular formula is C6H2ClFKNO2. The largest absolute Gasteiger partial charge is 1.00 e. The smallest absolute Gasteiger partial charge is 0.543 e. The molecule has 6 heteroatoms. The van der Waals surface area contributed by atoms with Gasteiger partial charge in [0.1, 0.15) is 16.5 Å². The Kier molecular flexibility index (Phi) is 5.47. The van der Waals surface area contributed by atoms with Crippen molar-refractivity contribution in [2.45, 2.75) is 0 Å². The Hall–Kier alpha value is 0.476. The van der Waals surface area contributed by atoms with E-state index in [1.54, 1.807) is 0 Å². The molecule has 0 atom stereocenters. The third kappa shape index (κ3) is 2.76. The van der Waals surface area contributed by atoms with E-state index in [0.29, 0.717) is 0 Å². The molecule has 0 aromatic carbocycles. The minimum atomic E-state index is -1.59. The van der Waals surface area contributed by atoms with Crippen LogP contribution in [0.25, 0.3) is 0 Å². The van der Waals surface area contributed by atoms with Gasteiger partial charge in [0.05, 0.1) is 5.97 Å². The van der Waals surface area contributed by atoms with Gasteiger partial charge in [-0.1, -0.05) is 11.6 Å². The topological polar surface area (TPSA) is 53.0 Å². The molecule has 0 spiro atoms. The molecule has 0 fully saturated rings. The molecule has 0 saturated carbocycles. The van der Waals surface area contributed by atoms with Gasteiger partial charge in [0.15, 0.2) is 0 Å². The van der Waals surface area contributed by atoms with Gasteiger partial charge in [-0.15, -0.1) is 0 Å². The number of carboxylic acid groups (broad SMARTS) is 1. The molecule has 0 aliphatic heterocycles. The number of halogens is 2. The molecule has 0 amide bonds. The van der Waals surface area contributed by atoms with Crippen LogP contribution in [0.4, 0.5) is 4.39 Å². The average Bonchev–Trinajstić information content (AvgIpc) is 1.94. The van der Waals surface area contributed by atoms with Crippen LogP contribution >= 0.6 is 11.6 Å². The summed E-state index contributed by atoms with van der Waals surface area (Å²) in [5.74, 6) is -2.41. The van der Waals surface area contributed by atoms with Crippen molar-refractivity contribution >= 4 is 17.6 Å². The monoisotopic (exact) mass is 213 g/mol. The van der Waals surface area contributed by atoms with Crippen LogP contribution < -0.4 is 56.5 Å². The average molecular weight is 214 g/mol. The number of nitrogens with zero attached hydrogens (tertiary/aromatic N) is 1. The zero-order valence-corrected chi connectivity index (χ0v) is 10.1. The van der Waals surface area contributed by atoms with Crippen molar-refractivity contribution in [3.8, 4) is 0 Å². The van der Waals surface area contributed by atoms with E-state index >= 15 is 0 Å². The van der Waals surface area contributed by atoms with Crippen molar-refractivity contribution in [1.29, 1.82) is 0 Å². The number of aromatic carboxylic acids is 1. The Labute approximate surface area is 115 Å². The second-order valence-corrected chi connectivity index (χ2v) is 2.12. The van der Waals surface area contributed by atoms with Crippen molar-refractivity contribution in [3.05, 3.63) is 28.8 Å². The standard InChI is InChI=1S/C6H3ClFNO2.K/c7-4-3(8)1-2-9-5(4)6(10)11;/h1-2H,(H,10,11);/q;+1/p-1. The van der Waals surface area contributed by atoms with Crippen molar-refractivity contribution in [2.75, 3.05) is 0 Å². The van der Waals surface area contributed by atoms with Gasteiger partial charge >= 0.3 is 51.4 Å². The summed E-state index contributed by atoms with van der Waals surface area (Å²) < 4.78 is 12.5. The van der Waals surface area contributed by atoms with Gasteiger partial charge in [0.25, 0.3) is 0 Å². The van der Waals surface area contributed by atoms with E-state index in [0.717, 1.165) is 12.3 Å². The number of rotatable bonds is 1. The van der Waals surface area contributed by atoms with Crippen molar-refractivity contribution in [3.63, 3.8) is 0 Å². The maximum Gasteiger partial charge on any atom is 1.00 e. The quantitative estimate of drug-likeness (QED) is 0.475. The SMILES string of the molecule is O=C([O-])c1nccc(F)c1Cl.[K+]. The van der Waals surface area contributed by atoms with E-state index in [1.807, 2.05) is 0 Å². The molecule has 1 rings (SSSR count). The molecule has 0 aliphatic rings. The van der Waals surface area contributed by atoms with E-state index in [-0.39, 0.29) is 51.4 Å². The summed E-state index contributed by atoms with van der Waals surface area (Å²) in [4.78, 5) is 13.5. The number of hydrogen-bond acceptors (Lipinski definition) is 3. The molecule has 0 saturated heterocycles. The number of pyridine rings is 1. The van der Waals surface area contributed by atoms with E-state index < -0.39 is 22.5 Å². The summed E-state index contributed by atoms with van der Waals surface area (Å²) in [5.41, 5.74) is -0.577. The van der Waals surface area contributed by atoms with Crippen LogP contribution in [0.1, 0.15) is 10.5 Å². The molecular weight excluding hydrogens is 212 g/mol. The number of carboxylic acids is 1. The second kappa shape index (κ2) is 5.26. The third-order valence-corrected chi connectivity index (χ3v) is 1.39. The van der Waals surface area contributed by atoms with Crippen LogP contribution in [-0.4, -0.2) is 11.0 Å². The first-order valence-corrected chi connectivity index (χ1v) is 3.02. The van der Waals surface area contributed by atoms with Crippen LogP contribution in [0, 0.1) is 5.82 Å². The summed E-state index contributed by atoms with van der Waals surface area (Å²) in [6, 6.07) is 0.967. The Bertz CT molecular complexity index is 308. The predicted molar refractivity (Wildman–Crippen MR) is 33.5 cm³/mol. The Morgan fingerprint density at radius 1 is 1.67 bits per heavy atom. The minimum absolute atomic E-state index is 0. The minimum Gasteiger partial charge on any atom is -0.543 e. The molecule has 0 unspecified atom stereocenters. The van der Waals surface area contributed by atoms with Crippen molar-refractivity contribution < 1.29 is 65.7 Å². The van der Waals surface area contributed by atoms with Gasteiger partial charge in [0.2, 0.25) is 0 Å². The summed E-state index contributed by atoms with van der Waals surface area (Å²) in [7, 11) is 0. The van der Waals surface area contributed by atoms with Crippen LogP contribution in [0.3, 0.4) is 0 Å². The van der Waals surface area contributed by atoms with Crippen molar-refractivity contribution in [1.82, 2.24) is 4.98 Å². The fraction of sp³-hybridized carbons (Fsp3) is 0. The van der Waals surface area contributed by atoms with Gasteiger partial charge in [-0.2, -0.15) is 0 Å². The Balaban J connectivity index is 0.00000121. The second-order valence-electron chi connectivity index (χ2n) is 1.74. The van der Waals surface area contributed by atoms with Crippen LogP contribution in [0.2, 0.25) is 5.02 Å². The number of aromatic nitrogens is 1. The fourth-order valence-electron chi connectivity index (χ4n) is 0.563. The van der Waals surface area contributed by atoms with Gasteiger partial charge in [-0.3, -0.25) is 4.98 Å². The maximum absolute atomic E-state index is 12.5. The van der Waals surface area contributed by atoms with Gasteiger partial charge in [-0.05, 0) is 6.07 Å². The number of carbonyl (C=O) groups is 1. The Morgan fingerprint density at radius 3 is 2.67 bits per heavy atom. The molecule has 12 heavy (non-hydrogen) atoms. The molecule has 58 valence electrons. The van der Waals surface area contributed by atoms with E-state index in [9.17, 15) is 14.3 Å². The normalized spacial score (nSPS) is 8.83. The van der Waals surface area contributed by atoms with E-state index in [2.05, 4.69) is 4.98 Å². The van der Waals surface area contributed by atoms with E-state index in [1.165, 1.54) is 0 Å². The summed E-state index contributed by atoms with van der Waals surface area (Å²) in [5, 5.41) is 9.63. The Morgan fingerprint density at radius 2 is 2.25 bits per heavy atom. The van der Waals surface area contributed by atoms with Crippen LogP contribution in [0.5, 0.6) is 0 Å². The predicted octanol–water partition coefficient (Wildman–Crippen LogP) is -2.76. The number of carbonyl (C=O) groups excluding carboxylic acids is 1. The molecule has 1 aromatic heterocycles. The first-order chi connectivity index (χ1) is 5.13. The van der Waals surface area contributed by atoms with Gasteiger partial charge < -0.3 is 9.90 Å². The van der Waals surface area contributed by atoms with E-state index in [4.69, 9.17) is 11.6 Å². The van der Waals surface area contributed by atoms with Crippen molar-refractivity contribution in [2.24, 2.45) is 0 Å². The number of hydrogen-bond donors (Lipinski definition) is 0. The molecule has 3 nitrogen and oxygen atoms in total. The van der Waals surface area contributed by atoms with Crippen LogP contribution in [-0.2, 0) is 0 Å². The first-order valence-electron chi connectivity index (χ1n) is 2.64. The van der Waals surface area contributed by atoms with Gasteiger partial charge in [-0.25, -0.2) is 4.39 Å². The maximum atomic E-state index is 12.5. The summed E-state index contributed by atoms with van der Waals surface area (Å²) >= 11 is 5.23. The summed E-state index contributed by atoms with van der Waals surface area (Å²) in [6.07, 6.45) is 1.01. The van der Waals surface area contributed by atoms with Crippen LogP contribution in [0.15, 0.2) is 12.3 Å². The third-order valence-electron chi connectivity index (χ3n) is 1.04. The fourth-order valence-corrected chi connectivity index (χ4v) is 0.751. The first kappa shape index (κ1) is 12.5. The molecule has 0 N–H and O–H groups in total. The molecule has 1 aromatic rings. The zero-order valence-electron chi connectivity index (χ0n) is 6.17.